The summed E-state index contributed by atoms with van der Waals surface area (Å²) in [4.78, 5) is 0. The van der Waals surface area contributed by atoms with Gasteiger partial charge in [0.05, 0.1) is 0 Å². The summed E-state index contributed by atoms with van der Waals surface area (Å²) in [6, 6.07) is 4.65. The summed E-state index contributed by atoms with van der Waals surface area (Å²) < 4.78 is 52.6. The largest absolute Gasteiger partial charge is 0.324 e. The van der Waals surface area contributed by atoms with Crippen molar-refractivity contribution in [1.82, 2.24) is 0 Å². The quantitative estimate of drug-likeness (QED) is 0.669. The third kappa shape index (κ3) is 3.11. The van der Waals surface area contributed by atoms with Crippen LogP contribution in [-0.2, 0) is 6.42 Å². The van der Waals surface area contributed by atoms with Crippen LogP contribution in [0.1, 0.15) is 17.2 Å². The number of hydrogen-bond donors (Lipinski definition) is 1. The highest BCUT2D eigenvalue weighted by Crippen LogP contribution is 2.23. The monoisotopic (exact) mass is 303 g/mol. The van der Waals surface area contributed by atoms with Crippen LogP contribution >= 0.6 is 11.6 Å². The zero-order valence-electron chi connectivity index (χ0n) is 10.1. The summed E-state index contributed by atoms with van der Waals surface area (Å²) in [7, 11) is 0. The van der Waals surface area contributed by atoms with Crippen molar-refractivity contribution in [2.24, 2.45) is 5.73 Å². The van der Waals surface area contributed by atoms with Gasteiger partial charge in [-0.25, -0.2) is 17.6 Å². The summed E-state index contributed by atoms with van der Waals surface area (Å²) in [5, 5.41) is 0.324. The Morgan fingerprint density at radius 3 is 2.15 bits per heavy atom. The minimum Gasteiger partial charge on any atom is -0.324 e. The maximum Gasteiger partial charge on any atom is 0.194 e. The number of benzene rings is 2. The molecule has 0 aliphatic carbocycles. The van der Waals surface area contributed by atoms with Crippen LogP contribution in [0.4, 0.5) is 17.6 Å². The molecule has 0 saturated heterocycles. The highest BCUT2D eigenvalue weighted by molar-refractivity contribution is 6.30. The second kappa shape index (κ2) is 5.81. The van der Waals surface area contributed by atoms with E-state index in [-0.39, 0.29) is 17.5 Å². The first-order valence-electron chi connectivity index (χ1n) is 5.72. The zero-order valence-corrected chi connectivity index (χ0v) is 10.9. The van der Waals surface area contributed by atoms with E-state index in [4.69, 9.17) is 17.3 Å². The SMILES string of the molecule is NC(Cc1cc(Cl)ccc1F)c1cc(F)c(F)c(F)c1. The van der Waals surface area contributed by atoms with Gasteiger partial charge in [-0.2, -0.15) is 0 Å². The first-order valence-corrected chi connectivity index (χ1v) is 6.10. The van der Waals surface area contributed by atoms with Crippen LogP contribution in [0.25, 0.3) is 0 Å². The molecule has 2 N–H and O–H groups in total. The van der Waals surface area contributed by atoms with Gasteiger partial charge in [-0.1, -0.05) is 11.6 Å². The maximum absolute atomic E-state index is 13.5. The Morgan fingerprint density at radius 2 is 1.55 bits per heavy atom. The van der Waals surface area contributed by atoms with Crippen molar-refractivity contribution in [3.05, 3.63) is 69.8 Å². The van der Waals surface area contributed by atoms with Crippen LogP contribution in [0.2, 0.25) is 5.02 Å². The number of rotatable bonds is 3. The Hall–Kier alpha value is -1.59. The number of hydrogen-bond acceptors (Lipinski definition) is 1. The Bertz CT molecular complexity index is 622. The molecule has 106 valence electrons. The molecule has 2 rings (SSSR count). The molecule has 1 nitrogen and oxygen atoms in total. The van der Waals surface area contributed by atoms with Gasteiger partial charge >= 0.3 is 0 Å². The topological polar surface area (TPSA) is 26.0 Å². The average Bonchev–Trinajstić information content (AvgIpc) is 2.39. The van der Waals surface area contributed by atoms with Crippen molar-refractivity contribution in [2.75, 3.05) is 0 Å². The lowest BCUT2D eigenvalue weighted by atomic mass is 9.99. The van der Waals surface area contributed by atoms with Crippen LogP contribution in [0.5, 0.6) is 0 Å². The van der Waals surface area contributed by atoms with E-state index in [1.807, 2.05) is 0 Å². The van der Waals surface area contributed by atoms with E-state index in [0.717, 1.165) is 12.1 Å². The molecule has 1 unspecified atom stereocenters. The molecule has 6 heteroatoms. The molecule has 0 saturated carbocycles. The lowest BCUT2D eigenvalue weighted by Crippen LogP contribution is -2.15. The molecular formula is C14H10ClF4N. The van der Waals surface area contributed by atoms with Gasteiger partial charge in [0.2, 0.25) is 0 Å². The van der Waals surface area contributed by atoms with E-state index in [2.05, 4.69) is 0 Å². The maximum atomic E-state index is 13.5. The Morgan fingerprint density at radius 1 is 0.950 bits per heavy atom. The number of nitrogens with two attached hydrogens (primary N) is 1. The van der Waals surface area contributed by atoms with Crippen LogP contribution < -0.4 is 5.73 Å². The van der Waals surface area contributed by atoms with Crippen molar-refractivity contribution >= 4 is 11.6 Å². The molecule has 0 spiro atoms. The van der Waals surface area contributed by atoms with Gasteiger partial charge < -0.3 is 5.73 Å². The zero-order chi connectivity index (χ0) is 14.9. The standard InChI is InChI=1S/C14H10ClF4N/c15-9-1-2-10(16)7(3-9)6-13(20)8-4-11(17)14(19)12(18)5-8/h1-5,13H,6,20H2. The fourth-order valence-electron chi connectivity index (χ4n) is 1.84. The summed E-state index contributed by atoms with van der Waals surface area (Å²) in [5.41, 5.74) is 6.03. The molecule has 0 heterocycles. The first-order chi connectivity index (χ1) is 9.38. The average molecular weight is 304 g/mol. The van der Waals surface area contributed by atoms with Gasteiger partial charge in [-0.3, -0.25) is 0 Å². The lowest BCUT2D eigenvalue weighted by molar-refractivity contribution is 0.443. The predicted octanol–water partition coefficient (Wildman–Crippen LogP) is 4.14. The van der Waals surface area contributed by atoms with Gasteiger partial charge in [0.25, 0.3) is 0 Å². The van der Waals surface area contributed by atoms with Gasteiger partial charge in [-0.05, 0) is 47.9 Å². The van der Waals surface area contributed by atoms with E-state index >= 15 is 0 Å². The van der Waals surface area contributed by atoms with Crippen molar-refractivity contribution < 1.29 is 17.6 Å². The van der Waals surface area contributed by atoms with Crippen molar-refractivity contribution in [2.45, 2.75) is 12.5 Å². The van der Waals surface area contributed by atoms with E-state index in [1.54, 1.807) is 0 Å². The first kappa shape index (κ1) is 14.8. The van der Waals surface area contributed by atoms with Crippen LogP contribution in [-0.4, -0.2) is 0 Å². The predicted molar refractivity (Wildman–Crippen MR) is 68.4 cm³/mol. The third-order valence-corrected chi connectivity index (χ3v) is 3.12. The molecule has 0 aliphatic rings. The minimum atomic E-state index is -1.56. The van der Waals surface area contributed by atoms with Gasteiger partial charge in [0.15, 0.2) is 17.5 Å². The second-order valence-electron chi connectivity index (χ2n) is 4.34. The van der Waals surface area contributed by atoms with Gasteiger partial charge in [0, 0.05) is 11.1 Å². The fraction of sp³-hybridized carbons (Fsp3) is 0.143. The van der Waals surface area contributed by atoms with Crippen LogP contribution in [0, 0.1) is 23.3 Å². The normalized spacial score (nSPS) is 12.5. The second-order valence-corrected chi connectivity index (χ2v) is 4.78. The van der Waals surface area contributed by atoms with E-state index in [1.165, 1.54) is 18.2 Å². The summed E-state index contributed by atoms with van der Waals surface area (Å²) in [6.45, 7) is 0. The minimum absolute atomic E-state index is 0.0170. The molecule has 2 aromatic carbocycles. The highest BCUT2D eigenvalue weighted by atomic mass is 35.5. The Balaban J connectivity index is 2.28. The molecule has 0 fully saturated rings. The van der Waals surface area contributed by atoms with Crippen molar-refractivity contribution in [1.29, 1.82) is 0 Å². The molecule has 0 amide bonds. The van der Waals surface area contributed by atoms with Crippen LogP contribution in [0.3, 0.4) is 0 Å². The molecule has 20 heavy (non-hydrogen) atoms. The third-order valence-electron chi connectivity index (χ3n) is 2.88. The van der Waals surface area contributed by atoms with Gasteiger partial charge in [-0.15, -0.1) is 0 Å². The molecule has 0 aromatic heterocycles. The molecule has 0 bridgehead atoms. The van der Waals surface area contributed by atoms with E-state index < -0.39 is 29.3 Å². The fourth-order valence-corrected chi connectivity index (χ4v) is 2.04. The summed E-state index contributed by atoms with van der Waals surface area (Å²) in [6.07, 6.45) is -0.0170. The van der Waals surface area contributed by atoms with E-state index in [9.17, 15) is 17.6 Å². The molecule has 0 radical (unpaired) electrons. The Labute approximate surface area is 118 Å². The van der Waals surface area contributed by atoms with Crippen LogP contribution in [0.15, 0.2) is 30.3 Å². The number of halogens is 5. The molecule has 2 aromatic rings. The molecule has 0 aliphatic heterocycles. The van der Waals surface area contributed by atoms with Crippen molar-refractivity contribution in [3.8, 4) is 0 Å². The Kier molecular flexibility index (Phi) is 4.30. The smallest absolute Gasteiger partial charge is 0.194 e. The summed E-state index contributed by atoms with van der Waals surface area (Å²) >= 11 is 5.74. The lowest BCUT2D eigenvalue weighted by Gasteiger charge is -2.13. The molecular weight excluding hydrogens is 294 g/mol. The van der Waals surface area contributed by atoms with E-state index in [0.29, 0.717) is 5.02 Å². The van der Waals surface area contributed by atoms with Gasteiger partial charge in [0.1, 0.15) is 5.82 Å². The molecule has 1 atom stereocenters. The highest BCUT2D eigenvalue weighted by Gasteiger charge is 2.16. The van der Waals surface area contributed by atoms with Crippen molar-refractivity contribution in [3.63, 3.8) is 0 Å². The summed E-state index contributed by atoms with van der Waals surface area (Å²) in [5.74, 6) is -4.74.